The van der Waals surface area contributed by atoms with Gasteiger partial charge in [-0.1, -0.05) is 23.2 Å². The monoisotopic (exact) mass is 255 g/mol. The minimum Gasteiger partial charge on any atom is -0.344 e. The molecule has 3 rings (SSSR count). The molecule has 2 aromatic carbocycles. The lowest BCUT2D eigenvalue weighted by atomic mass is 10.1. The van der Waals surface area contributed by atoms with Crippen molar-refractivity contribution in [3.63, 3.8) is 0 Å². The zero-order valence-corrected chi connectivity index (χ0v) is 9.72. The van der Waals surface area contributed by atoms with E-state index in [4.69, 9.17) is 31.4 Å². The van der Waals surface area contributed by atoms with Gasteiger partial charge in [0.15, 0.2) is 0 Å². The van der Waals surface area contributed by atoms with E-state index in [1.54, 1.807) is 7.05 Å². The average Bonchev–Trinajstić information content (AvgIpc) is 2.80. The number of aromatic nitrogens is 1. The van der Waals surface area contributed by atoms with Gasteiger partial charge in [-0.2, -0.15) is 0 Å². The number of aryl methyl sites for hydroxylation is 1. The lowest BCUT2D eigenvalue weighted by Crippen LogP contribution is -1.85. The van der Waals surface area contributed by atoms with Crippen LogP contribution < -0.4 is 0 Å². The molecule has 1 aromatic heterocycles. The minimum atomic E-state index is -0.277. The number of benzene rings is 2. The van der Waals surface area contributed by atoms with Crippen LogP contribution in [0.2, 0.25) is 10.0 Å². The van der Waals surface area contributed by atoms with Gasteiger partial charge in [0.25, 0.3) is 0 Å². The van der Waals surface area contributed by atoms with Gasteiger partial charge < -0.3 is 4.57 Å². The van der Waals surface area contributed by atoms with Gasteiger partial charge in [-0.3, -0.25) is 0 Å². The zero-order chi connectivity index (χ0) is 16.5. The third-order valence-corrected chi connectivity index (χ3v) is 2.82. The first kappa shape index (κ1) is 5.44. The van der Waals surface area contributed by atoms with E-state index in [1.165, 1.54) is 4.57 Å². The average molecular weight is 256 g/mol. The van der Waals surface area contributed by atoms with Gasteiger partial charge in [0.05, 0.1) is 8.22 Å². The van der Waals surface area contributed by atoms with Crippen molar-refractivity contribution < 1.29 is 8.22 Å². The highest BCUT2D eigenvalue weighted by Gasteiger charge is 2.08. The second-order valence-electron chi connectivity index (χ2n) is 3.38. The summed E-state index contributed by atoms with van der Waals surface area (Å²) in [5, 5.41) is 0.0665. The van der Waals surface area contributed by atoms with Gasteiger partial charge in [-0.25, -0.2) is 0 Å². The maximum absolute atomic E-state index is 8.13. The van der Waals surface area contributed by atoms with Crippen LogP contribution in [0.15, 0.2) is 36.3 Å². The molecule has 0 amide bonds. The Morgan fingerprint density at radius 1 is 0.938 bits per heavy atom. The summed E-state index contributed by atoms with van der Waals surface area (Å²) < 4.78 is 49.5. The van der Waals surface area contributed by atoms with Crippen LogP contribution in [-0.4, -0.2) is 4.57 Å². The van der Waals surface area contributed by atoms with Crippen LogP contribution in [-0.2, 0) is 7.05 Å². The molecule has 0 aliphatic carbocycles. The molecular weight excluding hydrogens is 241 g/mol. The predicted molar refractivity (Wildman–Crippen MR) is 70.4 cm³/mol. The van der Waals surface area contributed by atoms with Crippen molar-refractivity contribution in [1.82, 2.24) is 4.57 Å². The SMILES string of the molecule is [2H]c1c(Cl)c([2H])c2c3c([2H])c(Cl)c([2H])c([2H])c3n(C)c2c1[2H]. The van der Waals surface area contributed by atoms with Crippen LogP contribution >= 0.6 is 23.2 Å². The van der Waals surface area contributed by atoms with E-state index in [1.807, 2.05) is 0 Å². The zero-order valence-electron chi connectivity index (χ0n) is 14.2. The predicted octanol–water partition coefficient (Wildman–Crippen LogP) is 4.64. The van der Waals surface area contributed by atoms with Crippen LogP contribution in [0, 0.1) is 0 Å². The maximum Gasteiger partial charge on any atom is 0.0646 e. The Hall–Kier alpha value is -1.18. The summed E-state index contributed by atoms with van der Waals surface area (Å²) in [6.45, 7) is 0. The van der Waals surface area contributed by atoms with Gasteiger partial charge >= 0.3 is 0 Å². The lowest BCUT2D eigenvalue weighted by molar-refractivity contribution is 1.01. The fourth-order valence-electron chi connectivity index (χ4n) is 1.73. The van der Waals surface area contributed by atoms with E-state index in [0.29, 0.717) is 0 Å². The van der Waals surface area contributed by atoms with Crippen molar-refractivity contribution in [2.75, 3.05) is 0 Å². The van der Waals surface area contributed by atoms with E-state index in [9.17, 15) is 0 Å². The lowest BCUT2D eigenvalue weighted by Gasteiger charge is -1.97. The molecule has 0 bridgehead atoms. The summed E-state index contributed by atoms with van der Waals surface area (Å²) in [4.78, 5) is 0. The quantitative estimate of drug-likeness (QED) is 0.552. The van der Waals surface area contributed by atoms with E-state index in [-0.39, 0.29) is 68.1 Å². The van der Waals surface area contributed by atoms with Crippen LogP contribution in [0.25, 0.3) is 21.8 Å². The largest absolute Gasteiger partial charge is 0.344 e. The standard InChI is InChI=1S/C13H9Cl2N/c1-16-12-4-2-8(14)6-10(12)11-7-9(15)3-5-13(11)16/h2-7H,1H3/i2D,3D,4D,5D,6D,7D. The molecule has 80 valence electrons. The van der Waals surface area contributed by atoms with Gasteiger partial charge in [0, 0.05) is 38.9 Å². The molecule has 0 spiro atoms. The first-order valence-electron chi connectivity index (χ1n) is 7.52. The highest BCUT2D eigenvalue weighted by atomic mass is 35.5. The first-order chi connectivity index (χ1) is 10.2. The van der Waals surface area contributed by atoms with Gasteiger partial charge in [-0.15, -0.1) is 0 Å². The van der Waals surface area contributed by atoms with Crippen LogP contribution in [0.1, 0.15) is 8.22 Å². The molecule has 0 aliphatic heterocycles. The van der Waals surface area contributed by atoms with Crippen molar-refractivity contribution in [3.05, 3.63) is 46.3 Å². The number of nitrogens with zero attached hydrogens (tertiary/aromatic N) is 1. The molecule has 3 aromatic rings. The first-order valence-corrected chi connectivity index (χ1v) is 5.28. The Kier molecular flexibility index (Phi) is 1.16. The Balaban J connectivity index is 2.81. The normalized spacial score (nSPS) is 16.7. The number of fused-ring (bicyclic) bond motifs is 3. The van der Waals surface area contributed by atoms with Crippen molar-refractivity contribution in [2.45, 2.75) is 0 Å². The second-order valence-corrected chi connectivity index (χ2v) is 4.14. The molecule has 0 N–H and O–H groups in total. The third kappa shape index (κ3) is 1.32. The molecule has 0 saturated heterocycles. The summed E-state index contributed by atoms with van der Waals surface area (Å²) >= 11 is 11.9. The number of hydrogen-bond acceptors (Lipinski definition) is 0. The minimum absolute atomic E-state index is 0.176. The molecule has 0 atom stereocenters. The van der Waals surface area contributed by atoms with Crippen LogP contribution in [0.5, 0.6) is 0 Å². The van der Waals surface area contributed by atoms with Gasteiger partial charge in [0.2, 0.25) is 0 Å². The number of halogens is 2. The Morgan fingerprint density at radius 2 is 1.38 bits per heavy atom. The van der Waals surface area contributed by atoms with Crippen LogP contribution in [0.3, 0.4) is 0 Å². The Labute approximate surface area is 112 Å². The van der Waals surface area contributed by atoms with E-state index in [2.05, 4.69) is 0 Å². The van der Waals surface area contributed by atoms with Crippen molar-refractivity contribution in [2.24, 2.45) is 7.05 Å². The molecule has 3 heteroatoms. The fourth-order valence-corrected chi connectivity index (χ4v) is 2.01. The van der Waals surface area contributed by atoms with Crippen molar-refractivity contribution in [3.8, 4) is 0 Å². The molecule has 1 heterocycles. The Morgan fingerprint density at radius 3 is 1.81 bits per heavy atom. The van der Waals surface area contributed by atoms with Gasteiger partial charge in [-0.05, 0) is 36.3 Å². The molecule has 0 fully saturated rings. The highest BCUT2D eigenvalue weighted by Crippen LogP contribution is 2.31. The molecule has 0 unspecified atom stereocenters. The summed E-state index contributed by atoms with van der Waals surface area (Å²) in [6.07, 6.45) is 0. The van der Waals surface area contributed by atoms with E-state index >= 15 is 0 Å². The summed E-state index contributed by atoms with van der Waals surface area (Å²) in [6, 6.07) is -1.28. The molecule has 0 saturated carbocycles. The van der Waals surface area contributed by atoms with Crippen molar-refractivity contribution in [1.29, 1.82) is 0 Å². The smallest absolute Gasteiger partial charge is 0.0646 e. The number of hydrogen-bond donors (Lipinski definition) is 0. The molecule has 1 nitrogen and oxygen atoms in total. The van der Waals surface area contributed by atoms with E-state index in [0.717, 1.165) is 0 Å². The highest BCUT2D eigenvalue weighted by molar-refractivity contribution is 6.33. The third-order valence-electron chi connectivity index (χ3n) is 2.45. The van der Waals surface area contributed by atoms with E-state index < -0.39 is 0 Å². The summed E-state index contributed by atoms with van der Waals surface area (Å²) in [5.41, 5.74) is 0.469. The molecule has 0 aliphatic rings. The topological polar surface area (TPSA) is 4.93 Å². The molecular formula is C13H9Cl2N. The van der Waals surface area contributed by atoms with Gasteiger partial charge in [0.1, 0.15) is 0 Å². The number of rotatable bonds is 0. The summed E-state index contributed by atoms with van der Waals surface area (Å²) in [7, 11) is 1.57. The van der Waals surface area contributed by atoms with Crippen LogP contribution in [0.4, 0.5) is 0 Å². The van der Waals surface area contributed by atoms with Crippen molar-refractivity contribution >= 4 is 45.0 Å². The maximum atomic E-state index is 8.13. The summed E-state index contributed by atoms with van der Waals surface area (Å²) in [5.74, 6) is 0. The second kappa shape index (κ2) is 3.41. The fraction of sp³-hybridized carbons (Fsp3) is 0.0769. The molecule has 0 radical (unpaired) electrons. The Bertz CT molecular complexity index is 902. The molecule has 16 heavy (non-hydrogen) atoms.